The monoisotopic (exact) mass is 1220 g/mol. The molecule has 0 saturated carbocycles. The lowest BCUT2D eigenvalue weighted by molar-refractivity contribution is 0.660. The molecule has 0 aliphatic heterocycles. The molecule has 0 bridgehead atoms. The van der Waals surface area contributed by atoms with Gasteiger partial charge in [0.2, 0.25) is 0 Å². The molecule has 2 spiro atoms. The van der Waals surface area contributed by atoms with E-state index in [2.05, 4.69) is 307 Å². The van der Waals surface area contributed by atoms with E-state index < -0.39 is 10.8 Å². The lowest BCUT2D eigenvalue weighted by Gasteiger charge is -2.32. The molecule has 2 nitrogen and oxygen atoms in total. The van der Waals surface area contributed by atoms with E-state index in [1.165, 1.54) is 155 Å². The quantitative estimate of drug-likeness (QED) is 0.172. The fraction of sp³-hybridized carbons (Fsp3) is 0.0851. The van der Waals surface area contributed by atoms with Crippen LogP contribution in [0.25, 0.3) is 154 Å². The molecule has 23 rings (SSSR count). The minimum Gasteiger partial charge on any atom is -0.455 e. The van der Waals surface area contributed by atoms with Gasteiger partial charge in [-0.05, 0) is 215 Å². The Kier molecular flexibility index (Phi) is 9.41. The predicted molar refractivity (Wildman–Crippen MR) is 395 cm³/mol. The Bertz CT molecular complexity index is 6040. The first kappa shape index (κ1) is 51.9. The maximum Gasteiger partial charge on any atom is 0.143 e. The second kappa shape index (κ2) is 17.4. The number of hydrogen-bond acceptors (Lipinski definition) is 2. The highest BCUT2D eigenvalue weighted by Gasteiger charge is 2.58. The maximum absolute atomic E-state index is 7.49. The van der Waals surface area contributed by atoms with E-state index in [0.717, 1.165) is 66.1 Å². The van der Waals surface area contributed by atoms with E-state index >= 15 is 0 Å². The summed E-state index contributed by atoms with van der Waals surface area (Å²) < 4.78 is 15.0. The number of furan rings is 2. The Labute approximate surface area is 555 Å². The minimum atomic E-state index is -0.738. The number of rotatable bonds is 2. The average molecular weight is 1220 g/mol. The van der Waals surface area contributed by atoms with Crippen LogP contribution in [-0.2, 0) is 21.7 Å². The first-order chi connectivity index (χ1) is 47.1. The van der Waals surface area contributed by atoms with Crippen LogP contribution in [0.2, 0.25) is 0 Å². The fourth-order valence-electron chi connectivity index (χ4n) is 20.3. The number of fused-ring (bicyclic) bond motifs is 38. The second-order valence-corrected chi connectivity index (χ2v) is 29.1. The largest absolute Gasteiger partial charge is 0.455 e. The molecule has 0 amide bonds. The van der Waals surface area contributed by atoms with Crippen molar-refractivity contribution < 1.29 is 8.83 Å². The van der Waals surface area contributed by atoms with Crippen molar-refractivity contribution in [2.24, 2.45) is 0 Å². The summed E-state index contributed by atoms with van der Waals surface area (Å²) in [5, 5.41) is 9.69. The highest BCUT2D eigenvalue weighted by molar-refractivity contribution is 6.23. The van der Waals surface area contributed by atoms with Gasteiger partial charge in [-0.1, -0.05) is 258 Å². The molecule has 0 radical (unpaired) electrons. The average Bonchev–Trinajstić information content (AvgIpc) is 1.48. The van der Waals surface area contributed by atoms with Gasteiger partial charge in [0.1, 0.15) is 22.3 Å². The smallest absolute Gasteiger partial charge is 0.143 e. The molecule has 17 aromatic rings. The first-order valence-corrected chi connectivity index (χ1v) is 34.0. The van der Waals surface area contributed by atoms with Gasteiger partial charge in [0, 0.05) is 43.5 Å². The lowest BCUT2D eigenvalue weighted by atomic mass is 9.68. The highest BCUT2D eigenvalue weighted by atomic mass is 16.3. The van der Waals surface area contributed by atoms with E-state index in [1.54, 1.807) is 0 Å². The Morgan fingerprint density at radius 1 is 0.219 bits per heavy atom. The zero-order chi connectivity index (χ0) is 63.0. The molecule has 0 unspecified atom stereocenters. The van der Waals surface area contributed by atoms with E-state index in [-0.39, 0.29) is 10.8 Å². The van der Waals surface area contributed by atoms with Crippen molar-refractivity contribution in [2.75, 3.05) is 0 Å². The van der Waals surface area contributed by atoms with Gasteiger partial charge in [-0.25, -0.2) is 0 Å². The molecular formula is C94H58O2. The summed E-state index contributed by atoms with van der Waals surface area (Å²) in [4.78, 5) is 0. The molecule has 2 heteroatoms. The third kappa shape index (κ3) is 5.90. The lowest BCUT2D eigenvalue weighted by Crippen LogP contribution is -2.27. The van der Waals surface area contributed by atoms with Crippen LogP contribution in [0.15, 0.2) is 288 Å². The van der Waals surface area contributed by atoms with Crippen LogP contribution >= 0.6 is 0 Å². The Balaban J connectivity index is 0.854. The molecule has 15 aromatic carbocycles. The summed E-state index contributed by atoms with van der Waals surface area (Å²) in [7, 11) is 0. The SMILES string of the molecule is CC1(C)c2cc(-c3cc4c(c5c3oc3ccccc35)-c3cc5c(cc3C43c4ccccc4-c4ccccc43)-c3c(cc(-c4ccc6c(c4)C(C)(C)c4ccc7ccccc7c4-6)c4oc6ccccc6c34)C53c4ccccc4-c4ccccc43)ccc2-c2c1ccc1ccccc21. The second-order valence-electron chi connectivity index (χ2n) is 29.1. The zero-order valence-electron chi connectivity index (χ0n) is 53.4. The van der Waals surface area contributed by atoms with Crippen molar-refractivity contribution in [3.05, 3.63) is 346 Å². The Hall–Kier alpha value is -11.6. The summed E-state index contributed by atoms with van der Waals surface area (Å²) in [6, 6.07) is 107. The molecule has 2 aromatic heterocycles. The third-order valence-electron chi connectivity index (χ3n) is 24.3. The van der Waals surface area contributed by atoms with Crippen LogP contribution in [-0.4, -0.2) is 0 Å². The van der Waals surface area contributed by atoms with Crippen molar-refractivity contribution in [2.45, 2.75) is 49.4 Å². The summed E-state index contributed by atoms with van der Waals surface area (Å²) in [5.41, 5.74) is 37.3. The van der Waals surface area contributed by atoms with Crippen LogP contribution in [0, 0.1) is 0 Å². The van der Waals surface area contributed by atoms with E-state index in [1.807, 2.05) is 0 Å². The minimum absolute atomic E-state index is 0.244. The van der Waals surface area contributed by atoms with Crippen LogP contribution < -0.4 is 0 Å². The van der Waals surface area contributed by atoms with Gasteiger partial charge in [0.25, 0.3) is 0 Å². The summed E-state index contributed by atoms with van der Waals surface area (Å²) in [6.45, 7) is 9.64. The first-order valence-electron chi connectivity index (χ1n) is 34.0. The number of para-hydroxylation sites is 2. The number of benzene rings is 15. The molecule has 0 atom stereocenters. The van der Waals surface area contributed by atoms with Crippen molar-refractivity contribution in [3.63, 3.8) is 0 Å². The molecule has 0 N–H and O–H groups in total. The van der Waals surface area contributed by atoms with E-state index in [4.69, 9.17) is 8.83 Å². The molecule has 96 heavy (non-hydrogen) atoms. The van der Waals surface area contributed by atoms with Crippen molar-refractivity contribution >= 4 is 65.4 Å². The van der Waals surface area contributed by atoms with Crippen LogP contribution in [0.4, 0.5) is 0 Å². The normalized spacial score (nSPS) is 15.6. The van der Waals surface area contributed by atoms with Crippen LogP contribution in [0.1, 0.15) is 94.5 Å². The van der Waals surface area contributed by atoms with Gasteiger partial charge in [-0.15, -0.1) is 0 Å². The Morgan fingerprint density at radius 2 is 0.562 bits per heavy atom. The van der Waals surface area contributed by atoms with Gasteiger partial charge in [0.05, 0.1) is 10.8 Å². The summed E-state index contributed by atoms with van der Waals surface area (Å²) in [5.74, 6) is 0. The Morgan fingerprint density at radius 3 is 0.969 bits per heavy atom. The molecule has 6 aliphatic carbocycles. The number of hydrogen-bond donors (Lipinski definition) is 0. The summed E-state index contributed by atoms with van der Waals surface area (Å²) >= 11 is 0. The fourth-order valence-corrected chi connectivity index (χ4v) is 20.3. The third-order valence-corrected chi connectivity index (χ3v) is 24.3. The molecule has 0 saturated heterocycles. The molecule has 0 fully saturated rings. The van der Waals surface area contributed by atoms with Crippen LogP contribution in [0.5, 0.6) is 0 Å². The molecule has 2 heterocycles. The van der Waals surface area contributed by atoms with Crippen molar-refractivity contribution in [1.82, 2.24) is 0 Å². The van der Waals surface area contributed by atoms with Gasteiger partial charge >= 0.3 is 0 Å². The topological polar surface area (TPSA) is 26.3 Å². The molecular weight excluding hydrogens is 1160 g/mol. The van der Waals surface area contributed by atoms with Gasteiger partial charge in [0.15, 0.2) is 0 Å². The predicted octanol–water partition coefficient (Wildman–Crippen LogP) is 24.4. The maximum atomic E-state index is 7.49. The zero-order valence-corrected chi connectivity index (χ0v) is 53.4. The van der Waals surface area contributed by atoms with Crippen molar-refractivity contribution in [1.29, 1.82) is 0 Å². The van der Waals surface area contributed by atoms with Gasteiger partial charge < -0.3 is 8.83 Å². The van der Waals surface area contributed by atoms with E-state index in [9.17, 15) is 0 Å². The van der Waals surface area contributed by atoms with Gasteiger partial charge in [-0.2, -0.15) is 0 Å². The van der Waals surface area contributed by atoms with E-state index in [0.29, 0.717) is 0 Å². The van der Waals surface area contributed by atoms with Crippen molar-refractivity contribution in [3.8, 4) is 89.0 Å². The highest BCUT2D eigenvalue weighted by Crippen LogP contribution is 2.71. The standard InChI is InChI=1S/C94H58O2/c1-91(2)73-43-39-51-21-5-7-23-55(51)83(73)61-41-37-53(45-75(61)91)65-47-79-85(87-63-29-13-19-35-81(63)95-89(65)87)67-49-78-68(50-77(67)93(79)69-31-15-9-25-57(69)58-26-10-16-32-70(58)93)86-80(94(78)71-33-17-11-27-59(71)60-28-12-18-34-72(60)94)48-66(90-88(86)64-30-14-20-36-82(64)96-90)54-38-42-62-76(46-54)92(3,4)74-44-40-52-22-6-8-24-56(52)84(62)74/h5-50H,1-4H3. The molecule has 6 aliphatic rings. The molecule has 446 valence electrons. The summed E-state index contributed by atoms with van der Waals surface area (Å²) in [6.07, 6.45) is 0. The van der Waals surface area contributed by atoms with Gasteiger partial charge in [-0.3, -0.25) is 0 Å². The van der Waals surface area contributed by atoms with Crippen LogP contribution in [0.3, 0.4) is 0 Å².